The largest absolute Gasteiger partial charge is 0.412 e. The molecule has 0 bridgehead atoms. The maximum absolute atomic E-state index is 8.09. The summed E-state index contributed by atoms with van der Waals surface area (Å²) in [6.45, 7) is 1.39. The molecule has 0 rings (SSSR count). The molecule has 0 aliphatic rings. The molecule has 7 nitrogen and oxygen atoms in total. The minimum absolute atomic E-state index is 0. The van der Waals surface area contributed by atoms with Crippen molar-refractivity contribution in [1.29, 1.82) is 0 Å². The first-order chi connectivity index (χ1) is 6.83. The Morgan fingerprint density at radius 3 is 0.867 bits per heavy atom. The number of aliphatic hydroxyl groups excluding tert-OH is 4. The third-order valence-electron chi connectivity index (χ3n) is 0.942. The average molecular weight is 230 g/mol. The van der Waals surface area contributed by atoms with Gasteiger partial charge >= 0.3 is 0 Å². The molecular weight excluding hydrogens is 208 g/mol. The summed E-state index contributed by atoms with van der Waals surface area (Å²) in [6, 6.07) is 0. The monoisotopic (exact) mass is 230 g/mol. The van der Waals surface area contributed by atoms with Gasteiger partial charge in [-0.2, -0.15) is 0 Å². The van der Waals surface area contributed by atoms with Gasteiger partial charge in [-0.15, -0.1) is 0 Å². The molecule has 0 aromatic heterocycles. The number of hydrogen-bond acceptors (Lipinski definition) is 6. The van der Waals surface area contributed by atoms with Gasteiger partial charge in [0.25, 0.3) is 0 Å². The number of ether oxygens (including phenoxy) is 2. The van der Waals surface area contributed by atoms with Gasteiger partial charge in [-0.3, -0.25) is 0 Å². The smallest absolute Gasteiger partial charge is 0.0698 e. The topological polar surface area (TPSA) is 131 Å². The Morgan fingerprint density at radius 2 is 0.733 bits per heavy atom. The van der Waals surface area contributed by atoms with E-state index in [-0.39, 0.29) is 31.9 Å². The number of hydrogen-bond donors (Lipinski definition) is 4. The van der Waals surface area contributed by atoms with Crippen molar-refractivity contribution in [3.63, 3.8) is 0 Å². The molecule has 0 aliphatic heterocycles. The molecule has 7 heteroatoms. The fourth-order valence-electron chi connectivity index (χ4n) is 0.462. The second kappa shape index (κ2) is 23.5. The molecule has 6 N–H and O–H groups in total. The predicted octanol–water partition coefficient (Wildman–Crippen LogP) is -2.85. The molecule has 0 amide bonds. The van der Waals surface area contributed by atoms with Crippen LogP contribution in [0.15, 0.2) is 0 Å². The van der Waals surface area contributed by atoms with E-state index in [1.165, 1.54) is 0 Å². The van der Waals surface area contributed by atoms with Gasteiger partial charge in [0.2, 0.25) is 0 Å². The van der Waals surface area contributed by atoms with Gasteiger partial charge in [-0.25, -0.2) is 0 Å². The van der Waals surface area contributed by atoms with Crippen LogP contribution in [0.2, 0.25) is 0 Å². The predicted molar refractivity (Wildman–Crippen MR) is 53.6 cm³/mol. The van der Waals surface area contributed by atoms with Gasteiger partial charge < -0.3 is 35.4 Å². The van der Waals surface area contributed by atoms with E-state index in [0.717, 1.165) is 0 Å². The Balaban J connectivity index is -0.000000180. The zero-order chi connectivity index (χ0) is 11.1. The molecule has 0 aliphatic carbocycles. The SMILES string of the molecule is O.OCCOCCO.OCCOCCO. The van der Waals surface area contributed by atoms with Crippen LogP contribution >= 0.6 is 0 Å². The first-order valence-electron chi connectivity index (χ1n) is 4.42. The van der Waals surface area contributed by atoms with Crippen molar-refractivity contribution in [2.24, 2.45) is 0 Å². The lowest BCUT2D eigenvalue weighted by Crippen LogP contribution is -2.03. The molecule has 0 heterocycles. The lowest BCUT2D eigenvalue weighted by atomic mass is 10.7. The summed E-state index contributed by atoms with van der Waals surface area (Å²) < 4.78 is 9.26. The fraction of sp³-hybridized carbons (Fsp3) is 1.00. The molecule has 0 unspecified atom stereocenters. The second-order valence-electron chi connectivity index (χ2n) is 2.12. The van der Waals surface area contributed by atoms with Crippen LogP contribution in [0.3, 0.4) is 0 Å². The van der Waals surface area contributed by atoms with E-state index in [0.29, 0.717) is 26.4 Å². The molecular formula is C8H22O7. The zero-order valence-electron chi connectivity index (χ0n) is 8.76. The van der Waals surface area contributed by atoms with Crippen molar-refractivity contribution in [2.45, 2.75) is 0 Å². The quantitative estimate of drug-likeness (QED) is 0.332. The van der Waals surface area contributed by atoms with Crippen LogP contribution < -0.4 is 0 Å². The van der Waals surface area contributed by atoms with E-state index in [9.17, 15) is 0 Å². The van der Waals surface area contributed by atoms with Crippen LogP contribution in [-0.2, 0) is 9.47 Å². The molecule has 0 fully saturated rings. The molecule has 0 aromatic rings. The molecule has 0 atom stereocenters. The normalized spacial score (nSPS) is 8.80. The van der Waals surface area contributed by atoms with E-state index in [1.54, 1.807) is 0 Å². The van der Waals surface area contributed by atoms with E-state index in [2.05, 4.69) is 9.47 Å². The van der Waals surface area contributed by atoms with Crippen LogP contribution in [0.25, 0.3) is 0 Å². The highest BCUT2D eigenvalue weighted by Gasteiger charge is 1.80. The van der Waals surface area contributed by atoms with Crippen LogP contribution in [-0.4, -0.2) is 78.8 Å². The van der Waals surface area contributed by atoms with Crippen molar-refractivity contribution in [1.82, 2.24) is 0 Å². The third-order valence-corrected chi connectivity index (χ3v) is 0.942. The van der Waals surface area contributed by atoms with Crippen molar-refractivity contribution in [3.8, 4) is 0 Å². The summed E-state index contributed by atoms with van der Waals surface area (Å²) in [4.78, 5) is 0. The fourth-order valence-corrected chi connectivity index (χ4v) is 0.462. The summed E-state index contributed by atoms with van der Waals surface area (Å²) in [5.74, 6) is 0. The van der Waals surface area contributed by atoms with Crippen LogP contribution in [0.5, 0.6) is 0 Å². The highest BCUT2D eigenvalue weighted by Crippen LogP contribution is 1.68. The Morgan fingerprint density at radius 1 is 0.533 bits per heavy atom. The highest BCUT2D eigenvalue weighted by molar-refractivity contribution is 4.24. The molecule has 0 spiro atoms. The van der Waals surface area contributed by atoms with Crippen molar-refractivity contribution < 1.29 is 35.4 Å². The lowest BCUT2D eigenvalue weighted by Gasteiger charge is -1.94. The molecule has 0 aromatic carbocycles. The van der Waals surface area contributed by atoms with E-state index >= 15 is 0 Å². The van der Waals surface area contributed by atoms with Gasteiger partial charge in [0.15, 0.2) is 0 Å². The summed E-state index contributed by atoms with van der Waals surface area (Å²) in [7, 11) is 0. The minimum Gasteiger partial charge on any atom is -0.412 e. The zero-order valence-corrected chi connectivity index (χ0v) is 8.76. The van der Waals surface area contributed by atoms with Crippen LogP contribution in [0, 0.1) is 0 Å². The Labute approximate surface area is 89.2 Å². The first-order valence-corrected chi connectivity index (χ1v) is 4.42. The van der Waals surface area contributed by atoms with Crippen molar-refractivity contribution >= 4 is 0 Å². The Hall–Kier alpha value is -0.280. The standard InChI is InChI=1S/2C4H10O3.H2O/c2*5-1-3-7-4-2-6;/h2*5-6H,1-4H2;1H2. The van der Waals surface area contributed by atoms with Crippen molar-refractivity contribution in [3.05, 3.63) is 0 Å². The van der Waals surface area contributed by atoms with Gasteiger partial charge in [0.05, 0.1) is 52.9 Å². The van der Waals surface area contributed by atoms with E-state index in [1.807, 2.05) is 0 Å². The first kappa shape index (κ1) is 20.2. The lowest BCUT2D eigenvalue weighted by molar-refractivity contribution is 0.0649. The number of rotatable bonds is 8. The summed E-state index contributed by atoms with van der Waals surface area (Å²) >= 11 is 0. The molecule has 96 valence electrons. The third kappa shape index (κ3) is 31.6. The molecule has 0 radical (unpaired) electrons. The van der Waals surface area contributed by atoms with Gasteiger partial charge in [0, 0.05) is 0 Å². The van der Waals surface area contributed by atoms with Gasteiger partial charge in [-0.05, 0) is 0 Å². The molecule has 15 heavy (non-hydrogen) atoms. The molecule has 0 saturated heterocycles. The Kier molecular flexibility index (Phi) is 31.6. The summed E-state index contributed by atoms with van der Waals surface area (Å²) in [5, 5.41) is 32.3. The van der Waals surface area contributed by atoms with Crippen molar-refractivity contribution in [2.75, 3.05) is 52.9 Å². The molecule has 0 saturated carbocycles. The van der Waals surface area contributed by atoms with Gasteiger partial charge in [0.1, 0.15) is 0 Å². The second-order valence-corrected chi connectivity index (χ2v) is 2.12. The van der Waals surface area contributed by atoms with Crippen LogP contribution in [0.1, 0.15) is 0 Å². The Bertz CT molecular complexity index is 63.4. The van der Waals surface area contributed by atoms with E-state index in [4.69, 9.17) is 20.4 Å². The average Bonchev–Trinajstić information content (AvgIpc) is 2.21. The maximum atomic E-state index is 8.09. The maximum Gasteiger partial charge on any atom is 0.0698 e. The number of aliphatic hydroxyl groups is 4. The highest BCUT2D eigenvalue weighted by atomic mass is 16.5. The minimum atomic E-state index is 0. The van der Waals surface area contributed by atoms with Gasteiger partial charge in [-0.1, -0.05) is 0 Å². The van der Waals surface area contributed by atoms with Crippen LogP contribution in [0.4, 0.5) is 0 Å². The summed E-state index contributed by atoms with van der Waals surface area (Å²) in [6.07, 6.45) is 0. The van der Waals surface area contributed by atoms with E-state index < -0.39 is 0 Å². The summed E-state index contributed by atoms with van der Waals surface area (Å²) in [5.41, 5.74) is 0.